The third kappa shape index (κ3) is 3.47. The average molecular weight is 318 g/mol. The molecule has 2 saturated heterocycles. The van der Waals surface area contributed by atoms with Crippen LogP contribution in [0, 0.1) is 5.92 Å². The van der Waals surface area contributed by atoms with Crippen LogP contribution >= 0.6 is 15.9 Å². The zero-order valence-corrected chi connectivity index (χ0v) is 12.8. The van der Waals surface area contributed by atoms with Gasteiger partial charge in [-0.05, 0) is 45.2 Å². The second-order valence-electron chi connectivity index (χ2n) is 5.51. The first-order valence-corrected chi connectivity index (χ1v) is 8.18. The number of piperidine rings is 2. The van der Waals surface area contributed by atoms with E-state index in [0.717, 1.165) is 6.42 Å². The lowest BCUT2D eigenvalue weighted by atomic mass is 9.84. The topological polar surface area (TPSA) is 29.5 Å². The summed E-state index contributed by atoms with van der Waals surface area (Å²) in [4.78, 5) is 14.2. The second kappa shape index (κ2) is 6.90. The van der Waals surface area contributed by atoms with E-state index in [-0.39, 0.29) is 10.8 Å². The van der Waals surface area contributed by atoms with Gasteiger partial charge in [-0.25, -0.2) is 0 Å². The van der Waals surface area contributed by atoms with Crippen molar-refractivity contribution in [1.82, 2.24) is 4.90 Å². The minimum Gasteiger partial charge on any atom is -0.464 e. The molecule has 0 radical (unpaired) electrons. The Morgan fingerprint density at radius 2 is 2.11 bits per heavy atom. The monoisotopic (exact) mass is 317 g/mol. The molecule has 0 unspecified atom stereocenters. The van der Waals surface area contributed by atoms with E-state index in [1.54, 1.807) is 0 Å². The number of rotatable bonds is 4. The van der Waals surface area contributed by atoms with Gasteiger partial charge in [0.25, 0.3) is 0 Å². The van der Waals surface area contributed by atoms with Crippen molar-refractivity contribution in [2.45, 2.75) is 56.3 Å². The molecule has 2 aliphatic heterocycles. The molecule has 3 atom stereocenters. The minimum atomic E-state index is -0.136. The van der Waals surface area contributed by atoms with E-state index in [9.17, 15) is 4.79 Å². The zero-order valence-electron chi connectivity index (χ0n) is 11.2. The lowest BCUT2D eigenvalue weighted by Crippen LogP contribution is -2.49. The first-order chi connectivity index (χ1) is 8.72. The highest BCUT2D eigenvalue weighted by atomic mass is 79.9. The highest BCUT2D eigenvalue weighted by Gasteiger charge is 2.33. The van der Waals surface area contributed by atoms with Crippen LogP contribution in [0.1, 0.15) is 45.4 Å². The normalized spacial score (nSPS) is 30.6. The van der Waals surface area contributed by atoms with Gasteiger partial charge in [-0.15, -0.1) is 0 Å². The van der Waals surface area contributed by atoms with Crippen molar-refractivity contribution in [3.8, 4) is 0 Å². The summed E-state index contributed by atoms with van der Waals surface area (Å²) >= 11 is 3.35. The van der Waals surface area contributed by atoms with Gasteiger partial charge in [-0.2, -0.15) is 0 Å². The number of fused-ring (bicyclic) bond motifs is 1. The molecule has 0 aromatic rings. The van der Waals surface area contributed by atoms with Gasteiger partial charge in [0.2, 0.25) is 0 Å². The predicted octanol–water partition coefficient (Wildman–Crippen LogP) is 2.97. The van der Waals surface area contributed by atoms with Gasteiger partial charge < -0.3 is 4.74 Å². The quantitative estimate of drug-likeness (QED) is 0.589. The van der Waals surface area contributed by atoms with Crippen LogP contribution in [0.15, 0.2) is 0 Å². The molecule has 3 nitrogen and oxygen atoms in total. The van der Waals surface area contributed by atoms with Gasteiger partial charge in [0.15, 0.2) is 0 Å². The number of carbonyl (C=O) groups is 1. The van der Waals surface area contributed by atoms with Gasteiger partial charge in [-0.3, -0.25) is 9.69 Å². The van der Waals surface area contributed by atoms with Gasteiger partial charge in [0.1, 0.15) is 4.83 Å². The first-order valence-electron chi connectivity index (χ1n) is 7.27. The number of hydrogen-bond donors (Lipinski definition) is 0. The molecule has 2 aliphatic rings. The third-order valence-corrected chi connectivity index (χ3v) is 5.30. The Bertz CT molecular complexity index is 283. The molecule has 104 valence electrons. The summed E-state index contributed by atoms with van der Waals surface area (Å²) in [5, 5.41) is 0. The molecule has 2 heterocycles. The van der Waals surface area contributed by atoms with Crippen LogP contribution in [0.25, 0.3) is 0 Å². The van der Waals surface area contributed by atoms with Crippen LogP contribution in [0.5, 0.6) is 0 Å². The maximum Gasteiger partial charge on any atom is 0.319 e. The van der Waals surface area contributed by atoms with Crippen molar-refractivity contribution in [2.24, 2.45) is 5.92 Å². The Kier molecular flexibility index (Phi) is 5.49. The molecule has 0 saturated carbocycles. The molecule has 0 aliphatic carbocycles. The molecule has 0 spiro atoms. The van der Waals surface area contributed by atoms with Crippen LogP contribution < -0.4 is 0 Å². The van der Waals surface area contributed by atoms with Crippen molar-refractivity contribution in [3.63, 3.8) is 0 Å². The van der Waals surface area contributed by atoms with E-state index in [2.05, 4.69) is 20.8 Å². The molecule has 2 rings (SSSR count). The fraction of sp³-hybridized carbons (Fsp3) is 0.929. The Hall–Kier alpha value is -0.0900. The molecular formula is C14H24BrNO2. The molecule has 4 heteroatoms. The highest BCUT2D eigenvalue weighted by Crippen LogP contribution is 2.31. The molecule has 0 aromatic heterocycles. The largest absolute Gasteiger partial charge is 0.464 e. The number of esters is 1. The molecule has 0 aromatic carbocycles. The lowest BCUT2D eigenvalue weighted by molar-refractivity contribution is -0.145. The fourth-order valence-electron chi connectivity index (χ4n) is 3.22. The minimum absolute atomic E-state index is 0.0922. The molecule has 0 amide bonds. The van der Waals surface area contributed by atoms with Crippen LogP contribution in [-0.2, 0) is 9.53 Å². The molecule has 0 bridgehead atoms. The van der Waals surface area contributed by atoms with E-state index < -0.39 is 0 Å². The van der Waals surface area contributed by atoms with Crippen molar-refractivity contribution in [1.29, 1.82) is 0 Å². The van der Waals surface area contributed by atoms with E-state index in [4.69, 9.17) is 4.74 Å². The molecule has 0 N–H and O–H groups in total. The summed E-state index contributed by atoms with van der Waals surface area (Å²) in [7, 11) is 0. The van der Waals surface area contributed by atoms with E-state index in [1.165, 1.54) is 45.2 Å². The summed E-state index contributed by atoms with van der Waals surface area (Å²) < 4.78 is 5.47. The summed E-state index contributed by atoms with van der Waals surface area (Å²) in [5.41, 5.74) is 0. The number of ether oxygens (including phenoxy) is 1. The first kappa shape index (κ1) is 14.3. The maximum atomic E-state index is 11.7. The van der Waals surface area contributed by atoms with Gasteiger partial charge in [0.05, 0.1) is 6.61 Å². The van der Waals surface area contributed by atoms with E-state index >= 15 is 0 Å². The maximum absolute atomic E-state index is 11.7. The van der Waals surface area contributed by atoms with Crippen molar-refractivity contribution in [2.75, 3.05) is 19.7 Å². The smallest absolute Gasteiger partial charge is 0.319 e. The Morgan fingerprint density at radius 1 is 1.33 bits per heavy atom. The lowest BCUT2D eigenvalue weighted by Gasteiger charge is -2.44. The van der Waals surface area contributed by atoms with Crippen molar-refractivity contribution in [3.05, 3.63) is 0 Å². The van der Waals surface area contributed by atoms with Crippen LogP contribution in [0.2, 0.25) is 0 Å². The number of hydrogen-bond acceptors (Lipinski definition) is 3. The van der Waals surface area contributed by atoms with Crippen LogP contribution in [-0.4, -0.2) is 41.4 Å². The van der Waals surface area contributed by atoms with Gasteiger partial charge in [-0.1, -0.05) is 29.3 Å². The standard InChI is InChI=1S/C14H24BrNO2/c1-2-12(15)14(17)18-10-11-6-5-9-16-8-4-3-7-13(11)16/h11-13H,2-10H2,1H3/t11-,12+,13+/m0/s1. The van der Waals surface area contributed by atoms with E-state index in [1.807, 2.05) is 6.92 Å². The zero-order chi connectivity index (χ0) is 13.0. The third-order valence-electron chi connectivity index (χ3n) is 4.28. The number of halogens is 1. The number of carbonyl (C=O) groups excluding carboxylic acids is 1. The number of nitrogens with zero attached hydrogens (tertiary/aromatic N) is 1. The fourth-order valence-corrected chi connectivity index (χ4v) is 3.35. The van der Waals surface area contributed by atoms with Gasteiger partial charge >= 0.3 is 5.97 Å². The van der Waals surface area contributed by atoms with E-state index in [0.29, 0.717) is 18.6 Å². The Balaban J connectivity index is 1.82. The molecule has 18 heavy (non-hydrogen) atoms. The SMILES string of the molecule is CC[C@@H](Br)C(=O)OC[C@@H]1CCCN2CCCC[C@H]12. The predicted molar refractivity (Wildman–Crippen MR) is 75.9 cm³/mol. The van der Waals surface area contributed by atoms with Crippen LogP contribution in [0.4, 0.5) is 0 Å². The summed E-state index contributed by atoms with van der Waals surface area (Å²) in [6.07, 6.45) is 7.22. The Labute approximate surface area is 118 Å². The second-order valence-corrected chi connectivity index (χ2v) is 6.61. The molecular weight excluding hydrogens is 294 g/mol. The number of alkyl halides is 1. The van der Waals surface area contributed by atoms with Gasteiger partial charge in [0, 0.05) is 12.0 Å². The summed E-state index contributed by atoms with van der Waals surface area (Å²) in [6.45, 7) is 5.09. The summed E-state index contributed by atoms with van der Waals surface area (Å²) in [6, 6.07) is 0.663. The Morgan fingerprint density at radius 3 is 2.89 bits per heavy atom. The average Bonchev–Trinajstić information content (AvgIpc) is 2.43. The summed E-state index contributed by atoms with van der Waals surface area (Å²) in [5.74, 6) is 0.463. The van der Waals surface area contributed by atoms with Crippen LogP contribution in [0.3, 0.4) is 0 Å². The van der Waals surface area contributed by atoms with Crippen molar-refractivity contribution >= 4 is 21.9 Å². The molecule has 2 fully saturated rings. The highest BCUT2D eigenvalue weighted by molar-refractivity contribution is 9.10. The van der Waals surface area contributed by atoms with Crippen molar-refractivity contribution < 1.29 is 9.53 Å².